The minimum atomic E-state index is -0.608. The lowest BCUT2D eigenvalue weighted by Gasteiger charge is -2.16. The van der Waals surface area contributed by atoms with Crippen molar-refractivity contribution in [3.05, 3.63) is 41.5 Å². The third kappa shape index (κ3) is 4.00. The second kappa shape index (κ2) is 7.39. The monoisotopic (exact) mass is 345 g/mol. The van der Waals surface area contributed by atoms with E-state index in [2.05, 4.69) is 25.2 Å². The van der Waals surface area contributed by atoms with Crippen molar-refractivity contribution >= 4 is 11.8 Å². The quantitative estimate of drug-likeness (QED) is 0.754. The molecule has 1 saturated heterocycles. The molecule has 1 fully saturated rings. The Balaban J connectivity index is 1.51. The van der Waals surface area contributed by atoms with Crippen LogP contribution in [0.3, 0.4) is 0 Å². The second-order valence-corrected chi connectivity index (χ2v) is 6.03. The Morgan fingerprint density at radius 1 is 1.36 bits per heavy atom. The van der Waals surface area contributed by atoms with E-state index in [0.717, 1.165) is 5.69 Å². The molecule has 2 N–H and O–H groups in total. The Morgan fingerprint density at radius 2 is 2.20 bits per heavy atom. The fourth-order valence-electron chi connectivity index (χ4n) is 2.83. The second-order valence-electron chi connectivity index (χ2n) is 6.03. The summed E-state index contributed by atoms with van der Waals surface area (Å²) in [5, 5.41) is 19.7. The summed E-state index contributed by atoms with van der Waals surface area (Å²) >= 11 is 0. The molecule has 2 aromatic rings. The summed E-state index contributed by atoms with van der Waals surface area (Å²) in [5.74, 6) is -0.849. The van der Waals surface area contributed by atoms with Crippen LogP contribution in [0.1, 0.15) is 21.9 Å². The smallest absolute Gasteiger partial charge is 0.275 e. The molecule has 0 radical (unpaired) electrons. The standard InChI is InChI=1S/C16H19N5O4/c1-10-15(20-25-19-10)16(24)18-7-14(23)21-8-11(13(22)9-21)6-12-4-2-3-5-17-12/h2-5,11,13,22H,6-9H2,1H3,(H,18,24)/t11-,13-/m1/s1. The van der Waals surface area contributed by atoms with Crippen LogP contribution in [0, 0.1) is 12.8 Å². The third-order valence-corrected chi connectivity index (χ3v) is 4.22. The van der Waals surface area contributed by atoms with E-state index < -0.39 is 12.0 Å². The molecule has 3 rings (SSSR count). The first kappa shape index (κ1) is 17.0. The Morgan fingerprint density at radius 3 is 2.88 bits per heavy atom. The highest BCUT2D eigenvalue weighted by atomic mass is 16.6. The van der Waals surface area contributed by atoms with Crippen LogP contribution >= 0.6 is 0 Å². The van der Waals surface area contributed by atoms with E-state index in [0.29, 0.717) is 18.7 Å². The Hall–Kier alpha value is -2.81. The van der Waals surface area contributed by atoms with Crippen LogP contribution in [0.25, 0.3) is 0 Å². The van der Waals surface area contributed by atoms with Gasteiger partial charge in [-0.25, -0.2) is 4.63 Å². The molecule has 0 unspecified atom stereocenters. The van der Waals surface area contributed by atoms with Gasteiger partial charge >= 0.3 is 0 Å². The molecule has 1 aliphatic rings. The first-order valence-corrected chi connectivity index (χ1v) is 7.97. The number of carbonyl (C=O) groups is 2. The molecule has 0 spiro atoms. The highest BCUT2D eigenvalue weighted by Crippen LogP contribution is 2.20. The summed E-state index contributed by atoms with van der Waals surface area (Å²) in [6.07, 6.45) is 1.70. The summed E-state index contributed by atoms with van der Waals surface area (Å²) in [5.41, 5.74) is 1.29. The van der Waals surface area contributed by atoms with Gasteiger partial charge in [0.15, 0.2) is 5.69 Å². The Kier molecular flexibility index (Phi) is 5.03. The predicted molar refractivity (Wildman–Crippen MR) is 85.4 cm³/mol. The molecule has 0 bridgehead atoms. The fourth-order valence-corrected chi connectivity index (χ4v) is 2.83. The maximum absolute atomic E-state index is 12.3. The van der Waals surface area contributed by atoms with Crippen LogP contribution in [0.2, 0.25) is 0 Å². The van der Waals surface area contributed by atoms with Gasteiger partial charge in [-0.3, -0.25) is 14.6 Å². The first-order valence-electron chi connectivity index (χ1n) is 7.97. The van der Waals surface area contributed by atoms with Gasteiger partial charge in [-0.15, -0.1) is 0 Å². The minimum absolute atomic E-state index is 0.0577. The normalized spacial score (nSPS) is 19.8. The van der Waals surface area contributed by atoms with Gasteiger partial charge in [0.25, 0.3) is 5.91 Å². The van der Waals surface area contributed by atoms with Crippen LogP contribution in [0.15, 0.2) is 29.0 Å². The number of likely N-dealkylation sites (tertiary alicyclic amines) is 1. The van der Waals surface area contributed by atoms with Gasteiger partial charge in [-0.05, 0) is 30.6 Å². The molecular weight excluding hydrogens is 326 g/mol. The summed E-state index contributed by atoms with van der Waals surface area (Å²) in [7, 11) is 0. The van der Waals surface area contributed by atoms with E-state index >= 15 is 0 Å². The fraction of sp³-hybridized carbons (Fsp3) is 0.438. The summed E-state index contributed by atoms with van der Waals surface area (Å²) in [6.45, 7) is 2.09. The van der Waals surface area contributed by atoms with Crippen molar-refractivity contribution in [1.29, 1.82) is 0 Å². The van der Waals surface area contributed by atoms with E-state index in [9.17, 15) is 14.7 Å². The molecular formula is C16H19N5O4. The van der Waals surface area contributed by atoms with Gasteiger partial charge in [-0.2, -0.15) is 0 Å². The number of hydrogen-bond donors (Lipinski definition) is 2. The van der Waals surface area contributed by atoms with Gasteiger partial charge in [0, 0.05) is 30.9 Å². The zero-order valence-corrected chi connectivity index (χ0v) is 13.8. The molecule has 2 aromatic heterocycles. The molecule has 0 aromatic carbocycles. The van der Waals surface area contributed by atoms with Crippen LogP contribution in [0.5, 0.6) is 0 Å². The number of pyridine rings is 1. The minimum Gasteiger partial charge on any atom is -0.391 e. The molecule has 0 aliphatic carbocycles. The van der Waals surface area contributed by atoms with Crippen LogP contribution in [0.4, 0.5) is 0 Å². The average molecular weight is 345 g/mol. The van der Waals surface area contributed by atoms with Crippen molar-refractivity contribution in [3.63, 3.8) is 0 Å². The van der Waals surface area contributed by atoms with Crippen molar-refractivity contribution in [1.82, 2.24) is 25.5 Å². The highest BCUT2D eigenvalue weighted by Gasteiger charge is 2.34. The number of aromatic nitrogens is 3. The van der Waals surface area contributed by atoms with Crippen molar-refractivity contribution in [2.75, 3.05) is 19.6 Å². The maximum atomic E-state index is 12.3. The van der Waals surface area contributed by atoms with E-state index in [1.54, 1.807) is 18.0 Å². The van der Waals surface area contributed by atoms with E-state index in [-0.39, 0.29) is 30.6 Å². The number of carbonyl (C=O) groups excluding carboxylic acids is 2. The molecule has 2 atom stereocenters. The third-order valence-electron chi connectivity index (χ3n) is 4.22. The first-order chi connectivity index (χ1) is 12.0. The maximum Gasteiger partial charge on any atom is 0.275 e. The number of rotatable bonds is 5. The summed E-state index contributed by atoms with van der Waals surface area (Å²) in [6, 6.07) is 5.62. The number of aryl methyl sites for hydroxylation is 1. The lowest BCUT2D eigenvalue weighted by Crippen LogP contribution is -2.39. The SMILES string of the molecule is Cc1nonc1C(=O)NCC(=O)N1C[C@@H](Cc2ccccn2)[C@H](O)C1. The molecule has 9 heteroatoms. The lowest BCUT2D eigenvalue weighted by molar-refractivity contribution is -0.129. The zero-order chi connectivity index (χ0) is 17.8. The van der Waals surface area contributed by atoms with Crippen molar-refractivity contribution in [2.24, 2.45) is 5.92 Å². The predicted octanol–water partition coefficient (Wildman–Crippen LogP) is -0.435. The molecule has 3 heterocycles. The molecule has 25 heavy (non-hydrogen) atoms. The van der Waals surface area contributed by atoms with Gasteiger partial charge in [0.2, 0.25) is 5.91 Å². The number of nitrogens with zero attached hydrogens (tertiary/aromatic N) is 4. The highest BCUT2D eigenvalue weighted by molar-refractivity contribution is 5.95. The van der Waals surface area contributed by atoms with E-state index in [1.807, 2.05) is 18.2 Å². The Labute approximate surface area is 144 Å². The van der Waals surface area contributed by atoms with E-state index in [4.69, 9.17) is 0 Å². The van der Waals surface area contributed by atoms with Gasteiger partial charge in [0.1, 0.15) is 5.69 Å². The van der Waals surface area contributed by atoms with Crippen LogP contribution < -0.4 is 5.32 Å². The number of hydrogen-bond acceptors (Lipinski definition) is 7. The van der Waals surface area contributed by atoms with E-state index in [1.165, 1.54) is 0 Å². The molecule has 132 valence electrons. The van der Waals surface area contributed by atoms with Crippen molar-refractivity contribution < 1.29 is 19.3 Å². The average Bonchev–Trinajstić information content (AvgIpc) is 3.19. The number of amides is 2. The zero-order valence-electron chi connectivity index (χ0n) is 13.8. The van der Waals surface area contributed by atoms with Gasteiger partial charge < -0.3 is 15.3 Å². The number of aliphatic hydroxyl groups is 1. The number of β-amino-alcohol motifs (C(OH)–C–C–N with tert-alkyl or cyclic N) is 1. The van der Waals surface area contributed by atoms with Crippen LogP contribution in [-0.2, 0) is 11.2 Å². The number of nitrogens with one attached hydrogen (secondary N) is 1. The molecule has 0 saturated carbocycles. The van der Waals surface area contributed by atoms with Gasteiger partial charge in [0.05, 0.1) is 12.6 Å². The number of aliphatic hydroxyl groups excluding tert-OH is 1. The summed E-state index contributed by atoms with van der Waals surface area (Å²) < 4.78 is 4.46. The van der Waals surface area contributed by atoms with Crippen molar-refractivity contribution in [3.8, 4) is 0 Å². The molecule has 1 aliphatic heterocycles. The topological polar surface area (TPSA) is 121 Å². The Bertz CT molecular complexity index is 748. The lowest BCUT2D eigenvalue weighted by atomic mass is 10.00. The van der Waals surface area contributed by atoms with Gasteiger partial charge in [-0.1, -0.05) is 11.2 Å². The summed E-state index contributed by atoms with van der Waals surface area (Å²) in [4.78, 5) is 30.0. The van der Waals surface area contributed by atoms with Crippen LogP contribution in [-0.4, -0.2) is 62.9 Å². The molecule has 9 nitrogen and oxygen atoms in total. The largest absolute Gasteiger partial charge is 0.391 e. The van der Waals surface area contributed by atoms with Crippen molar-refractivity contribution in [2.45, 2.75) is 19.4 Å². The molecule has 2 amide bonds.